The molecule has 3 heterocycles. The predicted octanol–water partition coefficient (Wildman–Crippen LogP) is 4.65. The molecule has 34 heavy (non-hydrogen) atoms. The molecule has 0 atom stereocenters. The van der Waals surface area contributed by atoms with Crippen molar-refractivity contribution in [1.82, 2.24) is 14.8 Å². The number of carbonyl (C=O) groups is 2. The van der Waals surface area contributed by atoms with E-state index in [1.807, 2.05) is 34.2 Å². The number of amides is 2. The van der Waals surface area contributed by atoms with Crippen molar-refractivity contribution in [2.24, 2.45) is 5.41 Å². The normalized spacial score (nSPS) is 19.4. The quantitative estimate of drug-likeness (QED) is 0.638. The molecule has 0 radical (unpaired) electrons. The van der Waals surface area contributed by atoms with Crippen molar-refractivity contribution in [2.75, 3.05) is 26.2 Å². The van der Waals surface area contributed by atoms with Gasteiger partial charge < -0.3 is 14.5 Å². The second-order valence-electron chi connectivity index (χ2n) is 9.95. The van der Waals surface area contributed by atoms with Crippen LogP contribution in [-0.2, 0) is 22.4 Å². The van der Waals surface area contributed by atoms with Crippen molar-refractivity contribution < 1.29 is 14.3 Å². The first kappa shape index (κ1) is 24.7. The predicted molar refractivity (Wildman–Crippen MR) is 135 cm³/mol. The standard InChI is InChI=1S/C27H37N3O3S/c1-20(2)30-16-17-33-24-10-5-4-8-22(24)9-6-7-11-27(26(30)32)12-14-29(15-13-27)25(31)18-23-19-34-21(3)28-23/h4-5,8,10,19-20H,6-7,9,11-18H2,1-3H3. The van der Waals surface area contributed by atoms with E-state index in [1.165, 1.54) is 5.56 Å². The molecule has 1 fully saturated rings. The van der Waals surface area contributed by atoms with Crippen LogP contribution in [0.25, 0.3) is 0 Å². The Morgan fingerprint density at radius 1 is 1.15 bits per heavy atom. The molecule has 4 rings (SSSR count). The third-order valence-corrected chi connectivity index (χ3v) is 8.15. The molecule has 0 bridgehead atoms. The molecule has 7 heteroatoms. The van der Waals surface area contributed by atoms with Gasteiger partial charge in [-0.15, -0.1) is 11.3 Å². The zero-order valence-electron chi connectivity index (χ0n) is 20.7. The van der Waals surface area contributed by atoms with E-state index in [9.17, 15) is 9.59 Å². The van der Waals surface area contributed by atoms with Crippen LogP contribution in [0.15, 0.2) is 29.6 Å². The van der Waals surface area contributed by atoms with Crippen LogP contribution in [0.5, 0.6) is 5.75 Å². The van der Waals surface area contributed by atoms with E-state index in [1.54, 1.807) is 11.3 Å². The van der Waals surface area contributed by atoms with Gasteiger partial charge in [0.1, 0.15) is 12.4 Å². The maximum atomic E-state index is 14.0. The molecule has 0 N–H and O–H groups in total. The van der Waals surface area contributed by atoms with Gasteiger partial charge in [-0.1, -0.05) is 24.6 Å². The Labute approximate surface area is 207 Å². The SMILES string of the molecule is Cc1nc(CC(=O)N2CCC3(CCCCc4ccccc4OCCN(C(C)C)C3=O)CC2)cs1. The van der Waals surface area contributed by atoms with Crippen LogP contribution in [0.4, 0.5) is 0 Å². The number of para-hydroxylation sites is 1. The zero-order valence-corrected chi connectivity index (χ0v) is 21.5. The number of benzene rings is 1. The molecular weight excluding hydrogens is 446 g/mol. The number of carbonyl (C=O) groups excluding carboxylic acids is 2. The van der Waals surface area contributed by atoms with E-state index in [0.717, 1.165) is 55.0 Å². The molecular formula is C27H37N3O3S. The summed E-state index contributed by atoms with van der Waals surface area (Å²) in [6.07, 6.45) is 5.68. The number of rotatable bonds is 3. The minimum absolute atomic E-state index is 0.110. The number of thiazole rings is 1. The molecule has 2 aliphatic rings. The van der Waals surface area contributed by atoms with E-state index in [4.69, 9.17) is 4.74 Å². The first-order valence-corrected chi connectivity index (χ1v) is 13.5. The second kappa shape index (κ2) is 10.9. The van der Waals surface area contributed by atoms with Crippen LogP contribution in [0.3, 0.4) is 0 Å². The summed E-state index contributed by atoms with van der Waals surface area (Å²) in [5.41, 5.74) is 1.70. The topological polar surface area (TPSA) is 62.7 Å². The molecule has 2 aliphatic heterocycles. The molecule has 1 spiro atoms. The van der Waals surface area contributed by atoms with Crippen molar-refractivity contribution in [1.29, 1.82) is 0 Å². The number of hydrogen-bond donors (Lipinski definition) is 0. The number of aryl methyl sites for hydroxylation is 2. The van der Waals surface area contributed by atoms with Gasteiger partial charge in [-0.3, -0.25) is 9.59 Å². The fraction of sp³-hybridized carbons (Fsp3) is 0.593. The Bertz CT molecular complexity index is 995. The Morgan fingerprint density at radius 2 is 1.91 bits per heavy atom. The van der Waals surface area contributed by atoms with Crippen LogP contribution in [0, 0.1) is 12.3 Å². The smallest absolute Gasteiger partial charge is 0.229 e. The van der Waals surface area contributed by atoms with Gasteiger partial charge in [-0.2, -0.15) is 0 Å². The Kier molecular flexibility index (Phi) is 7.91. The van der Waals surface area contributed by atoms with E-state index in [0.29, 0.717) is 32.7 Å². The maximum absolute atomic E-state index is 14.0. The summed E-state index contributed by atoms with van der Waals surface area (Å²) in [5.74, 6) is 1.30. The van der Waals surface area contributed by atoms with Gasteiger partial charge in [0.2, 0.25) is 11.8 Å². The van der Waals surface area contributed by atoms with Crippen LogP contribution >= 0.6 is 11.3 Å². The number of fused-ring (bicyclic) bond motifs is 1. The van der Waals surface area contributed by atoms with Gasteiger partial charge in [0, 0.05) is 24.5 Å². The fourth-order valence-electron chi connectivity index (χ4n) is 5.29. The molecule has 0 saturated carbocycles. The van der Waals surface area contributed by atoms with Crippen molar-refractivity contribution in [3.63, 3.8) is 0 Å². The summed E-state index contributed by atoms with van der Waals surface area (Å²) in [6, 6.07) is 8.37. The lowest BCUT2D eigenvalue weighted by atomic mass is 9.72. The number of hydrogen-bond acceptors (Lipinski definition) is 5. The van der Waals surface area contributed by atoms with E-state index in [2.05, 4.69) is 31.0 Å². The van der Waals surface area contributed by atoms with Crippen LogP contribution in [-0.4, -0.2) is 58.9 Å². The van der Waals surface area contributed by atoms with Gasteiger partial charge in [0.15, 0.2) is 0 Å². The second-order valence-corrected chi connectivity index (χ2v) is 11.0. The molecule has 1 aromatic heterocycles. The zero-order chi connectivity index (χ0) is 24.1. The van der Waals surface area contributed by atoms with Crippen molar-refractivity contribution in [3.05, 3.63) is 45.9 Å². The third-order valence-electron chi connectivity index (χ3n) is 7.32. The van der Waals surface area contributed by atoms with Gasteiger partial charge in [0.25, 0.3) is 0 Å². The summed E-state index contributed by atoms with van der Waals surface area (Å²) in [5, 5.41) is 2.95. The number of likely N-dealkylation sites (tertiary alicyclic amines) is 1. The molecule has 1 saturated heterocycles. The highest BCUT2D eigenvalue weighted by molar-refractivity contribution is 7.09. The number of ether oxygens (including phenoxy) is 1. The number of aromatic nitrogens is 1. The molecule has 0 unspecified atom stereocenters. The van der Waals surface area contributed by atoms with Crippen LogP contribution < -0.4 is 4.74 Å². The van der Waals surface area contributed by atoms with Crippen LogP contribution in [0.1, 0.15) is 62.2 Å². The van der Waals surface area contributed by atoms with Crippen molar-refractivity contribution in [2.45, 2.75) is 71.8 Å². The molecule has 184 valence electrons. The minimum atomic E-state index is -0.392. The van der Waals surface area contributed by atoms with E-state index < -0.39 is 5.41 Å². The van der Waals surface area contributed by atoms with E-state index >= 15 is 0 Å². The van der Waals surface area contributed by atoms with Crippen LogP contribution in [0.2, 0.25) is 0 Å². The highest BCUT2D eigenvalue weighted by Crippen LogP contribution is 2.40. The molecule has 0 aliphatic carbocycles. The lowest BCUT2D eigenvalue weighted by Crippen LogP contribution is -2.54. The van der Waals surface area contributed by atoms with Gasteiger partial charge in [-0.05, 0) is 64.5 Å². The number of nitrogens with zero attached hydrogens (tertiary/aromatic N) is 3. The lowest BCUT2D eigenvalue weighted by molar-refractivity contribution is -0.151. The molecule has 6 nitrogen and oxygen atoms in total. The van der Waals surface area contributed by atoms with Crippen molar-refractivity contribution >= 4 is 23.2 Å². The summed E-state index contributed by atoms with van der Waals surface area (Å²) in [4.78, 5) is 35.2. The Hall–Kier alpha value is -2.41. The maximum Gasteiger partial charge on any atom is 0.229 e. The fourth-order valence-corrected chi connectivity index (χ4v) is 5.91. The summed E-state index contributed by atoms with van der Waals surface area (Å²) in [6.45, 7) is 8.48. The highest BCUT2D eigenvalue weighted by Gasteiger charge is 2.44. The monoisotopic (exact) mass is 483 g/mol. The highest BCUT2D eigenvalue weighted by atomic mass is 32.1. The molecule has 2 amide bonds. The average Bonchev–Trinajstić information content (AvgIpc) is 3.23. The average molecular weight is 484 g/mol. The Balaban J connectivity index is 1.47. The van der Waals surface area contributed by atoms with E-state index in [-0.39, 0.29) is 17.9 Å². The first-order valence-electron chi connectivity index (χ1n) is 12.6. The summed E-state index contributed by atoms with van der Waals surface area (Å²) in [7, 11) is 0. The van der Waals surface area contributed by atoms with Gasteiger partial charge >= 0.3 is 0 Å². The lowest BCUT2D eigenvalue weighted by Gasteiger charge is -2.44. The largest absolute Gasteiger partial charge is 0.491 e. The molecule has 1 aromatic carbocycles. The first-order chi connectivity index (χ1) is 16.4. The van der Waals surface area contributed by atoms with Gasteiger partial charge in [0.05, 0.1) is 29.1 Å². The minimum Gasteiger partial charge on any atom is -0.491 e. The summed E-state index contributed by atoms with van der Waals surface area (Å²) < 4.78 is 6.12. The third kappa shape index (κ3) is 5.62. The summed E-state index contributed by atoms with van der Waals surface area (Å²) >= 11 is 1.58. The van der Waals surface area contributed by atoms with Gasteiger partial charge in [-0.25, -0.2) is 4.98 Å². The Morgan fingerprint density at radius 3 is 2.62 bits per heavy atom. The molecule has 2 aromatic rings. The number of piperidine rings is 1. The van der Waals surface area contributed by atoms with Crippen molar-refractivity contribution in [3.8, 4) is 5.75 Å².